The summed E-state index contributed by atoms with van der Waals surface area (Å²) in [5, 5.41) is 10.3. The fourth-order valence-electron chi connectivity index (χ4n) is 2.74. The van der Waals surface area contributed by atoms with Crippen LogP contribution in [0.1, 0.15) is 31.4 Å². The summed E-state index contributed by atoms with van der Waals surface area (Å²) >= 11 is 12.0. The highest BCUT2D eigenvalue weighted by Crippen LogP contribution is 2.38. The van der Waals surface area contributed by atoms with Gasteiger partial charge in [0.05, 0.1) is 12.0 Å². The summed E-state index contributed by atoms with van der Waals surface area (Å²) in [6, 6.07) is 4.42. The van der Waals surface area contributed by atoms with Crippen molar-refractivity contribution in [3.05, 3.63) is 33.8 Å². The molecule has 2 rings (SSSR count). The SMILES string of the molecule is CCN1C(=O)CC[C@@H](C(=O)O)[C@@H]1c1cc(Cl)cc(Cl)c1. The van der Waals surface area contributed by atoms with Gasteiger partial charge in [0.25, 0.3) is 0 Å². The van der Waals surface area contributed by atoms with Gasteiger partial charge in [-0.15, -0.1) is 0 Å². The molecule has 0 unspecified atom stereocenters. The number of hydrogen-bond acceptors (Lipinski definition) is 2. The zero-order valence-electron chi connectivity index (χ0n) is 11.0. The Kier molecular flexibility index (Phi) is 4.55. The van der Waals surface area contributed by atoms with Crippen LogP contribution in [0.4, 0.5) is 0 Å². The fourth-order valence-corrected chi connectivity index (χ4v) is 3.29. The van der Waals surface area contributed by atoms with Crippen LogP contribution in [0.2, 0.25) is 10.0 Å². The summed E-state index contributed by atoms with van der Waals surface area (Å²) in [7, 11) is 0. The molecule has 20 heavy (non-hydrogen) atoms. The predicted molar refractivity (Wildman–Crippen MR) is 76.9 cm³/mol. The van der Waals surface area contributed by atoms with Crippen LogP contribution < -0.4 is 0 Å². The lowest BCUT2D eigenvalue weighted by molar-refractivity contribution is -0.151. The maximum atomic E-state index is 12.0. The predicted octanol–water partition coefficient (Wildman–Crippen LogP) is 3.38. The van der Waals surface area contributed by atoms with E-state index in [0.717, 1.165) is 0 Å². The van der Waals surface area contributed by atoms with Gasteiger partial charge in [-0.1, -0.05) is 23.2 Å². The number of carbonyl (C=O) groups is 2. The van der Waals surface area contributed by atoms with Crippen molar-refractivity contribution < 1.29 is 14.7 Å². The molecule has 1 heterocycles. The third kappa shape index (κ3) is 2.91. The number of benzene rings is 1. The Balaban J connectivity index is 2.49. The molecular formula is C14H15Cl2NO3. The highest BCUT2D eigenvalue weighted by atomic mass is 35.5. The van der Waals surface area contributed by atoms with Gasteiger partial charge in [0.15, 0.2) is 0 Å². The number of hydrogen-bond donors (Lipinski definition) is 1. The van der Waals surface area contributed by atoms with Gasteiger partial charge in [0.2, 0.25) is 5.91 Å². The average Bonchev–Trinajstić information content (AvgIpc) is 2.36. The van der Waals surface area contributed by atoms with Crippen molar-refractivity contribution in [1.82, 2.24) is 4.90 Å². The van der Waals surface area contributed by atoms with Crippen molar-refractivity contribution in [3.8, 4) is 0 Å². The lowest BCUT2D eigenvalue weighted by Gasteiger charge is -2.39. The molecule has 0 bridgehead atoms. The van der Waals surface area contributed by atoms with Gasteiger partial charge in [-0.25, -0.2) is 0 Å². The van der Waals surface area contributed by atoms with Gasteiger partial charge in [0.1, 0.15) is 0 Å². The van der Waals surface area contributed by atoms with Crippen LogP contribution >= 0.6 is 23.2 Å². The van der Waals surface area contributed by atoms with Crippen molar-refractivity contribution in [2.24, 2.45) is 5.92 Å². The molecule has 0 spiro atoms. The monoisotopic (exact) mass is 315 g/mol. The number of aliphatic carboxylic acids is 1. The van der Waals surface area contributed by atoms with Gasteiger partial charge in [-0.05, 0) is 37.1 Å². The quantitative estimate of drug-likeness (QED) is 0.930. The topological polar surface area (TPSA) is 57.6 Å². The molecule has 1 aliphatic rings. The second-order valence-corrected chi connectivity index (χ2v) is 5.68. The van der Waals surface area contributed by atoms with Gasteiger partial charge in [-0.3, -0.25) is 9.59 Å². The van der Waals surface area contributed by atoms with Crippen LogP contribution in [0.5, 0.6) is 0 Å². The number of piperidine rings is 1. The van der Waals surface area contributed by atoms with Gasteiger partial charge in [-0.2, -0.15) is 0 Å². The number of halogens is 2. The number of carboxylic acids is 1. The molecule has 0 saturated carbocycles. The minimum Gasteiger partial charge on any atom is -0.481 e. The molecule has 1 aliphatic heterocycles. The summed E-state index contributed by atoms with van der Waals surface area (Å²) in [5.41, 5.74) is 0.671. The fraction of sp³-hybridized carbons (Fsp3) is 0.429. The molecule has 1 saturated heterocycles. The van der Waals surface area contributed by atoms with E-state index in [1.165, 1.54) is 0 Å². The number of rotatable bonds is 3. The van der Waals surface area contributed by atoms with E-state index < -0.39 is 17.9 Å². The van der Waals surface area contributed by atoms with Crippen LogP contribution in [0, 0.1) is 5.92 Å². The van der Waals surface area contributed by atoms with Gasteiger partial charge < -0.3 is 10.0 Å². The zero-order valence-corrected chi connectivity index (χ0v) is 12.5. The third-order valence-corrected chi connectivity index (χ3v) is 4.03. The summed E-state index contributed by atoms with van der Waals surface area (Å²) in [4.78, 5) is 25.1. The zero-order chi connectivity index (χ0) is 14.9. The van der Waals surface area contributed by atoms with Crippen molar-refractivity contribution in [3.63, 3.8) is 0 Å². The first-order chi connectivity index (χ1) is 9.43. The number of carboxylic acid groups (broad SMARTS) is 1. The average molecular weight is 316 g/mol. The standard InChI is InChI=1S/C14H15Cl2NO3/c1-2-17-12(18)4-3-11(14(19)20)13(17)8-5-9(15)7-10(16)6-8/h5-7,11,13H,2-4H2,1H3,(H,19,20)/t11-,13+/m1/s1. The van der Waals surface area contributed by atoms with Gasteiger partial charge >= 0.3 is 5.97 Å². The maximum absolute atomic E-state index is 12.0. The minimum absolute atomic E-state index is 0.0360. The lowest BCUT2D eigenvalue weighted by Crippen LogP contribution is -2.45. The van der Waals surface area contributed by atoms with Crippen molar-refractivity contribution in [2.75, 3.05) is 6.54 Å². The minimum atomic E-state index is -0.906. The Morgan fingerprint density at radius 2 is 1.95 bits per heavy atom. The third-order valence-electron chi connectivity index (χ3n) is 3.59. The van der Waals surface area contributed by atoms with E-state index in [9.17, 15) is 14.7 Å². The number of nitrogens with zero attached hydrogens (tertiary/aromatic N) is 1. The highest BCUT2D eigenvalue weighted by molar-refractivity contribution is 6.34. The summed E-state index contributed by atoms with van der Waals surface area (Å²) in [6.07, 6.45) is 0.592. The molecule has 1 aromatic rings. The number of amides is 1. The van der Waals surface area contributed by atoms with Gasteiger partial charge in [0, 0.05) is 23.0 Å². The first kappa shape index (κ1) is 15.1. The van der Waals surface area contributed by atoms with Crippen molar-refractivity contribution in [2.45, 2.75) is 25.8 Å². The Labute approximate surface area is 127 Å². The van der Waals surface area contributed by atoms with E-state index in [4.69, 9.17) is 23.2 Å². The maximum Gasteiger partial charge on any atom is 0.308 e. The molecule has 1 aromatic carbocycles. The van der Waals surface area contributed by atoms with Crippen LogP contribution in [0.15, 0.2) is 18.2 Å². The summed E-state index contributed by atoms with van der Waals surface area (Å²) in [5.74, 6) is -1.58. The van der Waals surface area contributed by atoms with E-state index in [1.54, 1.807) is 23.1 Å². The van der Waals surface area contributed by atoms with Crippen LogP contribution in [-0.2, 0) is 9.59 Å². The Morgan fingerprint density at radius 3 is 2.45 bits per heavy atom. The smallest absolute Gasteiger partial charge is 0.308 e. The van der Waals surface area contributed by atoms with Crippen molar-refractivity contribution >= 4 is 35.1 Å². The first-order valence-electron chi connectivity index (χ1n) is 6.42. The number of carbonyl (C=O) groups excluding carboxylic acids is 1. The van der Waals surface area contributed by atoms with E-state index in [-0.39, 0.29) is 12.3 Å². The summed E-state index contributed by atoms with van der Waals surface area (Å²) in [6.45, 7) is 2.29. The molecule has 1 fully saturated rings. The van der Waals surface area contributed by atoms with Crippen molar-refractivity contribution in [1.29, 1.82) is 0 Å². The molecule has 0 radical (unpaired) electrons. The normalized spacial score (nSPS) is 22.9. The molecule has 2 atom stereocenters. The second kappa shape index (κ2) is 6.02. The molecule has 4 nitrogen and oxygen atoms in total. The molecular weight excluding hydrogens is 301 g/mol. The molecule has 108 valence electrons. The van der Waals surface area contributed by atoms with E-state index in [2.05, 4.69) is 0 Å². The molecule has 0 aromatic heterocycles. The molecule has 0 aliphatic carbocycles. The molecule has 6 heteroatoms. The van der Waals surface area contributed by atoms with Crippen LogP contribution in [-0.4, -0.2) is 28.4 Å². The highest BCUT2D eigenvalue weighted by Gasteiger charge is 2.40. The Hall–Kier alpha value is -1.26. The Morgan fingerprint density at radius 1 is 1.35 bits per heavy atom. The van der Waals surface area contributed by atoms with Crippen LogP contribution in [0.25, 0.3) is 0 Å². The van der Waals surface area contributed by atoms with Crippen LogP contribution in [0.3, 0.4) is 0 Å². The summed E-state index contributed by atoms with van der Waals surface area (Å²) < 4.78 is 0. The van der Waals surface area contributed by atoms with E-state index in [0.29, 0.717) is 28.6 Å². The van der Waals surface area contributed by atoms with E-state index >= 15 is 0 Å². The second-order valence-electron chi connectivity index (χ2n) is 4.81. The van der Waals surface area contributed by atoms with E-state index in [1.807, 2.05) is 6.92 Å². The molecule has 1 amide bonds. The largest absolute Gasteiger partial charge is 0.481 e. The molecule has 1 N–H and O–H groups in total. The number of likely N-dealkylation sites (tertiary alicyclic amines) is 1. The lowest BCUT2D eigenvalue weighted by atomic mass is 9.84. The Bertz CT molecular complexity index is 525. The first-order valence-corrected chi connectivity index (χ1v) is 7.18.